The minimum atomic E-state index is -0.508. The Morgan fingerprint density at radius 2 is 2.22 bits per heavy atom. The molecule has 122 valence electrons. The second-order valence-electron chi connectivity index (χ2n) is 5.18. The Morgan fingerprint density at radius 3 is 2.96 bits per heavy atom. The molecule has 1 N–H and O–H groups in total. The molecule has 1 aromatic heterocycles. The zero-order valence-corrected chi connectivity index (χ0v) is 15.0. The summed E-state index contributed by atoms with van der Waals surface area (Å²) >= 11 is 4.90. The predicted molar refractivity (Wildman–Crippen MR) is 89.4 cm³/mol. The highest BCUT2D eigenvalue weighted by atomic mass is 79.9. The number of thioether (sulfide) groups is 1. The van der Waals surface area contributed by atoms with Gasteiger partial charge in [-0.2, -0.15) is 0 Å². The van der Waals surface area contributed by atoms with Crippen LogP contribution in [-0.2, 0) is 4.79 Å². The highest BCUT2D eigenvalue weighted by molar-refractivity contribution is 9.18. The summed E-state index contributed by atoms with van der Waals surface area (Å²) in [7, 11) is 1.63. The number of amides is 3. The van der Waals surface area contributed by atoms with Gasteiger partial charge in [0.1, 0.15) is 0 Å². The van der Waals surface area contributed by atoms with Gasteiger partial charge in [0.15, 0.2) is 22.1 Å². The van der Waals surface area contributed by atoms with Crippen LogP contribution in [0.5, 0.6) is 0 Å². The average Bonchev–Trinajstić information content (AvgIpc) is 2.83. The van der Waals surface area contributed by atoms with E-state index in [2.05, 4.69) is 36.2 Å². The molecule has 3 heterocycles. The van der Waals surface area contributed by atoms with Crippen molar-refractivity contribution >= 4 is 44.4 Å². The van der Waals surface area contributed by atoms with Gasteiger partial charge in [-0.25, -0.2) is 19.8 Å². The lowest BCUT2D eigenvalue weighted by molar-refractivity contribution is -0.126. The number of aliphatic imine (C=N–C) groups is 1. The van der Waals surface area contributed by atoms with Crippen LogP contribution in [0.1, 0.15) is 5.69 Å². The summed E-state index contributed by atoms with van der Waals surface area (Å²) < 4.78 is 0.579. The van der Waals surface area contributed by atoms with Gasteiger partial charge in [0.2, 0.25) is 0 Å². The normalized spacial score (nSPS) is 23.7. The molecule has 0 spiro atoms. The second-order valence-corrected chi connectivity index (χ2v) is 6.96. The van der Waals surface area contributed by atoms with Crippen molar-refractivity contribution in [1.82, 2.24) is 25.1 Å². The topological polar surface area (TPSA) is 90.8 Å². The first-order valence-electron chi connectivity index (χ1n) is 6.97. The number of imide groups is 1. The van der Waals surface area contributed by atoms with E-state index in [9.17, 15) is 9.59 Å². The number of nitrogens with one attached hydrogen (secondary N) is 1. The number of nitrogens with zero attached hydrogens (tertiary/aromatic N) is 5. The van der Waals surface area contributed by atoms with E-state index in [1.807, 2.05) is 17.9 Å². The van der Waals surface area contributed by atoms with Gasteiger partial charge in [-0.1, -0.05) is 11.8 Å². The molecule has 1 fully saturated rings. The molecule has 2 aliphatic heterocycles. The van der Waals surface area contributed by atoms with Gasteiger partial charge in [-0.15, -0.1) is 0 Å². The number of aryl methyl sites for hydroxylation is 1. The number of amidine groups is 1. The Hall–Kier alpha value is -1.68. The molecule has 2 aliphatic rings. The number of hydrogen-bond donors (Lipinski definition) is 1. The summed E-state index contributed by atoms with van der Waals surface area (Å²) in [6, 6.07) is 0.910. The number of urea groups is 1. The van der Waals surface area contributed by atoms with Gasteiger partial charge in [-0.3, -0.25) is 10.1 Å². The molecule has 3 rings (SSSR count). The Morgan fingerprint density at radius 1 is 1.43 bits per heavy atom. The summed E-state index contributed by atoms with van der Waals surface area (Å²) in [5.41, 5.74) is 0.915. The molecule has 2 atom stereocenters. The van der Waals surface area contributed by atoms with E-state index in [4.69, 9.17) is 0 Å². The summed E-state index contributed by atoms with van der Waals surface area (Å²) in [6.45, 7) is 2.50. The van der Waals surface area contributed by atoms with E-state index < -0.39 is 18.2 Å². The zero-order valence-electron chi connectivity index (χ0n) is 12.6. The van der Waals surface area contributed by atoms with E-state index in [0.717, 1.165) is 5.69 Å². The summed E-state index contributed by atoms with van der Waals surface area (Å²) in [5.74, 6) is 0.371. The van der Waals surface area contributed by atoms with Gasteiger partial charge in [0, 0.05) is 31.2 Å². The molecule has 2 unspecified atom stereocenters. The number of carbonyl (C=O) groups excluding carboxylic acids is 2. The Balaban J connectivity index is 1.65. The third-order valence-corrected chi connectivity index (χ3v) is 5.15. The molecule has 0 saturated carbocycles. The van der Waals surface area contributed by atoms with E-state index in [-0.39, 0.29) is 5.91 Å². The number of aromatic nitrogens is 2. The fourth-order valence-electron chi connectivity index (χ4n) is 2.45. The molecule has 1 aromatic rings. The van der Waals surface area contributed by atoms with Crippen molar-refractivity contribution in [3.63, 3.8) is 0 Å². The first kappa shape index (κ1) is 16.2. The van der Waals surface area contributed by atoms with Crippen LogP contribution < -0.4 is 5.32 Å². The Labute approximate surface area is 145 Å². The Kier molecular flexibility index (Phi) is 4.53. The third-order valence-electron chi connectivity index (χ3n) is 3.65. The standard InChI is InChI=1S/C13H15BrN6O2S/c1-7-3-4-15-12(16-7)23-6-5-20-8-9(17-11(20)14)19(2)13(22)18-10(8)21/h3-4,8-9H,5-6H2,1-2H3,(H,18,21,22). The van der Waals surface area contributed by atoms with E-state index in [1.165, 1.54) is 16.7 Å². The lowest BCUT2D eigenvalue weighted by Gasteiger charge is -2.35. The van der Waals surface area contributed by atoms with Gasteiger partial charge >= 0.3 is 6.03 Å². The zero-order chi connectivity index (χ0) is 16.6. The quantitative estimate of drug-likeness (QED) is 0.458. The van der Waals surface area contributed by atoms with Gasteiger partial charge < -0.3 is 9.80 Å². The number of halogens is 1. The molecule has 0 aromatic carbocycles. The molecule has 0 aliphatic carbocycles. The van der Waals surface area contributed by atoms with Crippen LogP contribution in [0.3, 0.4) is 0 Å². The molecule has 8 nitrogen and oxygen atoms in total. The van der Waals surface area contributed by atoms with Crippen molar-refractivity contribution in [2.24, 2.45) is 4.99 Å². The molecular formula is C13H15BrN6O2S. The Bertz CT molecular complexity index is 684. The monoisotopic (exact) mass is 398 g/mol. The molecule has 1 saturated heterocycles. The fourth-order valence-corrected chi connectivity index (χ4v) is 3.88. The SMILES string of the molecule is Cc1ccnc(SCCN2C(Br)=NC3C2C(=O)NC(=O)N3C)n1. The smallest absolute Gasteiger partial charge is 0.325 e. The minimum absolute atomic E-state index is 0.326. The summed E-state index contributed by atoms with van der Waals surface area (Å²) in [6.07, 6.45) is 1.23. The molecule has 3 amide bonds. The van der Waals surface area contributed by atoms with Crippen LogP contribution in [0.2, 0.25) is 0 Å². The van der Waals surface area contributed by atoms with Gasteiger partial charge in [0.05, 0.1) is 0 Å². The molecule has 0 radical (unpaired) electrons. The average molecular weight is 399 g/mol. The number of hydrogen-bond acceptors (Lipinski definition) is 7. The van der Waals surface area contributed by atoms with Crippen LogP contribution in [0.25, 0.3) is 0 Å². The second kappa shape index (κ2) is 6.44. The van der Waals surface area contributed by atoms with E-state index in [1.54, 1.807) is 13.2 Å². The first-order chi connectivity index (χ1) is 11.0. The third kappa shape index (κ3) is 3.18. The van der Waals surface area contributed by atoms with Crippen molar-refractivity contribution in [3.8, 4) is 0 Å². The molecule has 10 heteroatoms. The lowest BCUT2D eigenvalue weighted by atomic mass is 10.1. The molecular weight excluding hydrogens is 384 g/mol. The van der Waals surface area contributed by atoms with Crippen LogP contribution in [0.15, 0.2) is 22.4 Å². The predicted octanol–water partition coefficient (Wildman–Crippen LogP) is 0.820. The highest BCUT2D eigenvalue weighted by Crippen LogP contribution is 2.26. The number of rotatable bonds is 4. The number of fused-ring (bicyclic) bond motifs is 1. The summed E-state index contributed by atoms with van der Waals surface area (Å²) in [4.78, 5) is 40.0. The fraction of sp³-hybridized carbons (Fsp3) is 0.462. The number of likely N-dealkylation sites (N-methyl/N-ethyl adjacent to an activating group) is 1. The maximum atomic E-state index is 12.1. The molecule has 0 bridgehead atoms. The maximum absolute atomic E-state index is 12.1. The van der Waals surface area contributed by atoms with E-state index >= 15 is 0 Å². The van der Waals surface area contributed by atoms with Crippen molar-refractivity contribution < 1.29 is 9.59 Å². The number of carbonyl (C=O) groups is 2. The van der Waals surface area contributed by atoms with Crippen molar-refractivity contribution in [2.45, 2.75) is 24.3 Å². The van der Waals surface area contributed by atoms with E-state index in [0.29, 0.717) is 22.2 Å². The highest BCUT2D eigenvalue weighted by Gasteiger charge is 2.47. The van der Waals surface area contributed by atoms with Crippen molar-refractivity contribution in [2.75, 3.05) is 19.3 Å². The van der Waals surface area contributed by atoms with Gasteiger partial charge in [-0.05, 0) is 28.9 Å². The minimum Gasteiger partial charge on any atom is -0.334 e. The first-order valence-corrected chi connectivity index (χ1v) is 8.75. The van der Waals surface area contributed by atoms with Gasteiger partial charge in [0.25, 0.3) is 5.91 Å². The van der Waals surface area contributed by atoms with Crippen LogP contribution >= 0.6 is 27.7 Å². The maximum Gasteiger partial charge on any atom is 0.325 e. The summed E-state index contributed by atoms with van der Waals surface area (Å²) in [5, 5.41) is 3.05. The van der Waals surface area contributed by atoms with Crippen molar-refractivity contribution in [3.05, 3.63) is 18.0 Å². The van der Waals surface area contributed by atoms with Crippen LogP contribution in [0.4, 0.5) is 4.79 Å². The largest absolute Gasteiger partial charge is 0.334 e. The molecule has 23 heavy (non-hydrogen) atoms. The van der Waals surface area contributed by atoms with Crippen molar-refractivity contribution in [1.29, 1.82) is 0 Å². The van der Waals surface area contributed by atoms with Crippen LogP contribution in [0, 0.1) is 6.92 Å². The van der Waals surface area contributed by atoms with Crippen LogP contribution in [-0.4, -0.2) is 68.0 Å². The lowest BCUT2D eigenvalue weighted by Crippen LogP contribution is -2.63.